The van der Waals surface area contributed by atoms with E-state index in [9.17, 15) is 5.26 Å². The molecule has 2 heteroatoms. The Morgan fingerprint density at radius 3 is 2.05 bits per heavy atom. The van der Waals surface area contributed by atoms with Gasteiger partial charge in [-0.05, 0) is 40.3 Å². The largest absolute Gasteiger partial charge is 0.192 e. The van der Waals surface area contributed by atoms with Crippen LogP contribution in [0, 0.1) is 11.3 Å². The van der Waals surface area contributed by atoms with Crippen LogP contribution in [0.4, 0.5) is 0 Å². The summed E-state index contributed by atoms with van der Waals surface area (Å²) in [6.07, 6.45) is 1.93. The van der Waals surface area contributed by atoms with Crippen LogP contribution >= 0.6 is 15.9 Å². The van der Waals surface area contributed by atoms with E-state index in [4.69, 9.17) is 0 Å². The molecule has 2 rings (SSSR count). The first-order valence-corrected chi connectivity index (χ1v) is 7.68. The zero-order chi connectivity index (χ0) is 15.5. The van der Waals surface area contributed by atoms with Crippen molar-refractivity contribution in [2.45, 2.75) is 26.2 Å². The second-order valence-corrected chi connectivity index (χ2v) is 6.96. The highest BCUT2D eigenvalue weighted by Crippen LogP contribution is 2.24. The predicted octanol–water partition coefficient (Wildman–Crippen LogP) is 5.81. The van der Waals surface area contributed by atoms with Crippen molar-refractivity contribution in [3.05, 3.63) is 69.7 Å². The monoisotopic (exact) mass is 339 g/mol. The lowest BCUT2D eigenvalue weighted by Crippen LogP contribution is -2.10. The van der Waals surface area contributed by atoms with Crippen LogP contribution in [0.5, 0.6) is 0 Å². The highest BCUT2D eigenvalue weighted by atomic mass is 79.9. The fourth-order valence-electron chi connectivity index (χ4n) is 2.06. The third-order valence-electron chi connectivity index (χ3n) is 3.36. The summed E-state index contributed by atoms with van der Waals surface area (Å²) in [6, 6.07) is 18.5. The van der Waals surface area contributed by atoms with E-state index in [2.05, 4.69) is 67.0 Å². The minimum absolute atomic E-state index is 0.145. The summed E-state index contributed by atoms with van der Waals surface area (Å²) in [5.41, 5.74) is 4.09. The van der Waals surface area contributed by atoms with E-state index in [1.54, 1.807) is 0 Å². The van der Waals surface area contributed by atoms with Crippen molar-refractivity contribution in [3.63, 3.8) is 0 Å². The minimum atomic E-state index is 0.145. The molecule has 0 amide bonds. The molecular weight excluding hydrogens is 322 g/mol. The Kier molecular flexibility index (Phi) is 4.65. The van der Waals surface area contributed by atoms with Crippen molar-refractivity contribution in [1.82, 2.24) is 0 Å². The number of rotatable bonds is 2. The molecule has 0 spiro atoms. The molecule has 0 bridgehead atoms. The molecule has 106 valence electrons. The van der Waals surface area contributed by atoms with Crippen molar-refractivity contribution < 1.29 is 0 Å². The van der Waals surface area contributed by atoms with Gasteiger partial charge in [0, 0.05) is 4.47 Å². The van der Waals surface area contributed by atoms with Gasteiger partial charge in [0.15, 0.2) is 0 Å². The molecule has 0 aliphatic rings. The summed E-state index contributed by atoms with van der Waals surface area (Å²) in [5, 5.41) is 9.36. The van der Waals surface area contributed by atoms with Crippen LogP contribution in [0.15, 0.2) is 53.0 Å². The smallest absolute Gasteiger partial charge is 0.0998 e. The van der Waals surface area contributed by atoms with Gasteiger partial charge in [-0.15, -0.1) is 0 Å². The first-order chi connectivity index (χ1) is 9.90. The van der Waals surface area contributed by atoms with Gasteiger partial charge in [0.05, 0.1) is 11.6 Å². The van der Waals surface area contributed by atoms with Crippen molar-refractivity contribution in [3.8, 4) is 6.07 Å². The lowest BCUT2D eigenvalue weighted by molar-refractivity contribution is 0.590. The molecule has 2 aromatic rings. The summed E-state index contributed by atoms with van der Waals surface area (Å²) < 4.78 is 1.01. The fraction of sp³-hybridized carbons (Fsp3) is 0.211. The molecule has 2 aromatic carbocycles. The number of hydrogen-bond donors (Lipinski definition) is 0. The van der Waals surface area contributed by atoms with Gasteiger partial charge in [-0.25, -0.2) is 0 Å². The summed E-state index contributed by atoms with van der Waals surface area (Å²) in [7, 11) is 0. The third-order valence-corrected chi connectivity index (χ3v) is 3.89. The lowest BCUT2D eigenvalue weighted by Gasteiger charge is -2.18. The highest BCUT2D eigenvalue weighted by Gasteiger charge is 2.12. The molecular formula is C19H18BrN. The number of nitrogens with zero attached hydrogens (tertiary/aromatic N) is 1. The van der Waals surface area contributed by atoms with Crippen LogP contribution in [0.25, 0.3) is 11.6 Å². The second kappa shape index (κ2) is 6.28. The van der Waals surface area contributed by atoms with Crippen LogP contribution in [0.2, 0.25) is 0 Å². The van der Waals surface area contributed by atoms with Crippen molar-refractivity contribution in [2.75, 3.05) is 0 Å². The van der Waals surface area contributed by atoms with E-state index in [-0.39, 0.29) is 5.41 Å². The van der Waals surface area contributed by atoms with E-state index in [1.165, 1.54) is 5.56 Å². The maximum atomic E-state index is 9.36. The Balaban J connectivity index is 2.33. The molecule has 21 heavy (non-hydrogen) atoms. The maximum Gasteiger partial charge on any atom is 0.0998 e. The Morgan fingerprint density at radius 2 is 1.57 bits per heavy atom. The molecule has 0 aliphatic heterocycles. The zero-order valence-electron chi connectivity index (χ0n) is 12.5. The molecule has 1 nitrogen and oxygen atoms in total. The molecule has 0 heterocycles. The van der Waals surface area contributed by atoms with Crippen molar-refractivity contribution >= 4 is 27.6 Å². The topological polar surface area (TPSA) is 23.8 Å². The molecule has 0 unspecified atom stereocenters. The number of allylic oxidation sites excluding steroid dienone is 1. The zero-order valence-corrected chi connectivity index (χ0v) is 14.1. The van der Waals surface area contributed by atoms with Crippen LogP contribution in [-0.4, -0.2) is 0 Å². The average Bonchev–Trinajstić information content (AvgIpc) is 2.45. The fourth-order valence-corrected chi connectivity index (χ4v) is 2.32. The summed E-state index contributed by atoms with van der Waals surface area (Å²) in [6.45, 7) is 6.58. The van der Waals surface area contributed by atoms with Gasteiger partial charge in [0.2, 0.25) is 0 Å². The van der Waals surface area contributed by atoms with Gasteiger partial charge >= 0.3 is 0 Å². The molecule has 0 aromatic heterocycles. The normalized spacial score (nSPS) is 12.0. The van der Waals surface area contributed by atoms with E-state index in [1.807, 2.05) is 30.3 Å². The maximum absolute atomic E-state index is 9.36. The van der Waals surface area contributed by atoms with Gasteiger partial charge in [0.1, 0.15) is 0 Å². The van der Waals surface area contributed by atoms with Gasteiger partial charge in [-0.3, -0.25) is 0 Å². The third kappa shape index (κ3) is 4.06. The van der Waals surface area contributed by atoms with Crippen LogP contribution < -0.4 is 0 Å². The van der Waals surface area contributed by atoms with E-state index < -0.39 is 0 Å². The van der Waals surface area contributed by atoms with Crippen molar-refractivity contribution in [1.29, 1.82) is 5.26 Å². The molecule has 0 radical (unpaired) electrons. The molecule has 0 aliphatic carbocycles. The predicted molar refractivity (Wildman–Crippen MR) is 92.8 cm³/mol. The van der Waals surface area contributed by atoms with Gasteiger partial charge < -0.3 is 0 Å². The van der Waals surface area contributed by atoms with Crippen LogP contribution in [0.3, 0.4) is 0 Å². The number of hydrogen-bond acceptors (Lipinski definition) is 1. The molecule has 0 atom stereocenters. The standard InChI is InChI=1S/C19H18BrN/c1-19(2,3)17-8-4-14(5-9-17)12-16(13-21)15-6-10-18(20)11-7-15/h4-12H,1-3H3. The van der Waals surface area contributed by atoms with E-state index >= 15 is 0 Å². The average molecular weight is 340 g/mol. The number of benzene rings is 2. The lowest BCUT2D eigenvalue weighted by atomic mass is 9.86. The molecule has 0 saturated carbocycles. The SMILES string of the molecule is CC(C)(C)c1ccc(C=C(C#N)c2ccc(Br)cc2)cc1. The van der Waals surface area contributed by atoms with Gasteiger partial charge in [0.25, 0.3) is 0 Å². The minimum Gasteiger partial charge on any atom is -0.192 e. The number of halogens is 1. The van der Waals surface area contributed by atoms with E-state index in [0.717, 1.165) is 15.6 Å². The Morgan fingerprint density at radius 1 is 1.00 bits per heavy atom. The second-order valence-electron chi connectivity index (χ2n) is 6.05. The summed E-state index contributed by atoms with van der Waals surface area (Å²) in [5.74, 6) is 0. The Bertz CT molecular complexity index is 680. The first-order valence-electron chi connectivity index (χ1n) is 6.88. The first kappa shape index (κ1) is 15.5. The van der Waals surface area contributed by atoms with Gasteiger partial charge in [-0.1, -0.05) is 73.1 Å². The summed E-state index contributed by atoms with van der Waals surface area (Å²) in [4.78, 5) is 0. The Hall–Kier alpha value is -1.85. The van der Waals surface area contributed by atoms with Crippen LogP contribution in [-0.2, 0) is 5.41 Å². The highest BCUT2D eigenvalue weighted by molar-refractivity contribution is 9.10. The molecule has 0 N–H and O–H groups in total. The van der Waals surface area contributed by atoms with Crippen molar-refractivity contribution in [2.24, 2.45) is 0 Å². The molecule has 0 saturated heterocycles. The Labute approximate surface area is 135 Å². The van der Waals surface area contributed by atoms with Gasteiger partial charge in [-0.2, -0.15) is 5.26 Å². The van der Waals surface area contributed by atoms with Crippen LogP contribution in [0.1, 0.15) is 37.5 Å². The summed E-state index contributed by atoms with van der Waals surface area (Å²) >= 11 is 3.41. The quantitative estimate of drug-likeness (QED) is 0.500. The number of nitriles is 1. The van der Waals surface area contributed by atoms with E-state index in [0.29, 0.717) is 5.57 Å². The molecule has 0 fully saturated rings.